The number of unbranched alkanes of at least 4 members (excludes halogenated alkanes) is 4. The predicted octanol–water partition coefficient (Wildman–Crippen LogP) is 11.8. The van der Waals surface area contributed by atoms with Gasteiger partial charge in [-0.1, -0.05) is 98.5 Å². The summed E-state index contributed by atoms with van der Waals surface area (Å²) in [4.78, 5) is 54.6. The van der Waals surface area contributed by atoms with Crippen LogP contribution in [0, 0.1) is 29.1 Å². The number of aliphatic hydroxyl groups is 2. The zero-order valence-corrected chi connectivity index (χ0v) is 41.3. The third-order valence-corrected chi connectivity index (χ3v) is 14.6. The summed E-state index contributed by atoms with van der Waals surface area (Å²) in [5.41, 5.74) is 13.8. The normalized spacial score (nSPS) is 19.2. The molecule has 10 nitrogen and oxygen atoms in total. The number of allylic oxidation sites excluding steroid dienone is 2. The molecule has 2 atom stereocenters. The highest BCUT2D eigenvalue weighted by atomic mass is 16.5. The quantitative estimate of drug-likeness (QED) is 0.0118. The standard InChI is InChI=1S/C61H74N2O8/c1-3-5-7-9-11-43-13-27-49(28-14-43)59(68)70-53-35-21-45(22-36-53)25-39-55(64)57(66)61(41-47-17-31-51(62)32-18-47,42-48-19-33-52(63)34-20-48)58(67)56(65)40-26-46-23-37-54(38-24-46)71-60(69)50-29-15-44(16-30-50)12-10-8-6-4-2/h3-4,17-26,31-40,43-44,49-50,57-58,66-67H,1-2,5-16,27-30,41-42,62-63H2/b39-25+,40-26+. The van der Waals surface area contributed by atoms with Gasteiger partial charge in [0.1, 0.15) is 23.7 Å². The fraction of sp³-hybridized carbons (Fsp3) is 0.410. The molecular formula is C61H74N2O8. The lowest BCUT2D eigenvalue weighted by atomic mass is 9.66. The van der Waals surface area contributed by atoms with Gasteiger partial charge in [-0.3, -0.25) is 19.2 Å². The summed E-state index contributed by atoms with van der Waals surface area (Å²) in [7, 11) is 0. The van der Waals surface area contributed by atoms with Crippen LogP contribution in [0.2, 0.25) is 0 Å². The lowest BCUT2D eigenvalue weighted by Crippen LogP contribution is -2.54. The summed E-state index contributed by atoms with van der Waals surface area (Å²) >= 11 is 0. The first-order chi connectivity index (χ1) is 34.3. The van der Waals surface area contributed by atoms with Crippen LogP contribution in [-0.4, -0.2) is 45.9 Å². The molecule has 0 radical (unpaired) electrons. The molecule has 2 aliphatic rings. The van der Waals surface area contributed by atoms with E-state index >= 15 is 0 Å². The average molecular weight is 963 g/mol. The van der Waals surface area contributed by atoms with Gasteiger partial charge in [0.25, 0.3) is 0 Å². The minimum Gasteiger partial charge on any atom is -0.426 e. The molecule has 2 unspecified atom stereocenters. The summed E-state index contributed by atoms with van der Waals surface area (Å²) in [6.07, 6.45) is 22.1. The van der Waals surface area contributed by atoms with Gasteiger partial charge in [0.05, 0.1) is 11.8 Å². The van der Waals surface area contributed by atoms with Crippen LogP contribution in [0.3, 0.4) is 0 Å². The van der Waals surface area contributed by atoms with E-state index in [0.717, 1.165) is 77.0 Å². The van der Waals surface area contributed by atoms with Crippen LogP contribution in [0.25, 0.3) is 12.2 Å². The highest BCUT2D eigenvalue weighted by Gasteiger charge is 2.49. The molecule has 6 rings (SSSR count). The molecule has 0 spiro atoms. The zero-order valence-electron chi connectivity index (χ0n) is 41.3. The first-order valence-corrected chi connectivity index (χ1v) is 25.7. The van der Waals surface area contributed by atoms with E-state index in [1.165, 1.54) is 50.0 Å². The second kappa shape index (κ2) is 27.3. The van der Waals surface area contributed by atoms with Crippen molar-refractivity contribution < 1.29 is 38.9 Å². The van der Waals surface area contributed by atoms with E-state index in [-0.39, 0.29) is 36.6 Å². The molecule has 376 valence electrons. The minimum atomic E-state index is -1.87. The van der Waals surface area contributed by atoms with E-state index in [0.29, 0.717) is 57.0 Å². The van der Waals surface area contributed by atoms with Crippen molar-refractivity contribution in [1.29, 1.82) is 0 Å². The number of anilines is 2. The Labute approximate surface area is 420 Å². The smallest absolute Gasteiger partial charge is 0.314 e. The molecule has 0 aliphatic heterocycles. The number of rotatable bonds is 26. The molecule has 2 aliphatic carbocycles. The maximum absolute atomic E-state index is 14.2. The molecule has 71 heavy (non-hydrogen) atoms. The lowest BCUT2D eigenvalue weighted by molar-refractivity contribution is -0.146. The molecule has 2 saturated carbocycles. The Morgan fingerprint density at radius 1 is 0.535 bits per heavy atom. The highest BCUT2D eigenvalue weighted by molar-refractivity contribution is 6.01. The first kappa shape index (κ1) is 54.0. The van der Waals surface area contributed by atoms with Gasteiger partial charge in [0.15, 0.2) is 11.6 Å². The highest BCUT2D eigenvalue weighted by Crippen LogP contribution is 2.39. The van der Waals surface area contributed by atoms with Crippen LogP contribution >= 0.6 is 0 Å². The van der Waals surface area contributed by atoms with Crippen molar-refractivity contribution in [2.24, 2.45) is 29.1 Å². The Balaban J connectivity index is 1.13. The zero-order chi connectivity index (χ0) is 50.6. The number of ketones is 2. The van der Waals surface area contributed by atoms with Crippen molar-refractivity contribution in [2.45, 2.75) is 128 Å². The van der Waals surface area contributed by atoms with Crippen LogP contribution in [0.15, 0.2) is 135 Å². The van der Waals surface area contributed by atoms with Gasteiger partial charge in [-0.2, -0.15) is 0 Å². The molecule has 0 heterocycles. The summed E-state index contributed by atoms with van der Waals surface area (Å²) < 4.78 is 11.5. The number of benzene rings is 4. The van der Waals surface area contributed by atoms with Crippen molar-refractivity contribution in [3.63, 3.8) is 0 Å². The number of hydrogen-bond donors (Lipinski definition) is 4. The van der Waals surface area contributed by atoms with E-state index in [9.17, 15) is 29.4 Å². The van der Waals surface area contributed by atoms with Gasteiger partial charge in [-0.25, -0.2) is 0 Å². The molecule has 0 saturated heterocycles. The second-order valence-electron chi connectivity index (χ2n) is 19.9. The fourth-order valence-corrected chi connectivity index (χ4v) is 10.2. The van der Waals surface area contributed by atoms with E-state index < -0.39 is 29.2 Å². The molecule has 10 heteroatoms. The van der Waals surface area contributed by atoms with E-state index in [1.807, 2.05) is 12.2 Å². The minimum absolute atomic E-state index is 0.0754. The number of nitrogens with two attached hydrogens (primary N) is 2. The molecular weight excluding hydrogens is 889 g/mol. The number of ether oxygens (including phenoxy) is 2. The summed E-state index contributed by atoms with van der Waals surface area (Å²) in [6, 6.07) is 27.3. The van der Waals surface area contributed by atoms with E-state index in [4.69, 9.17) is 20.9 Å². The topological polar surface area (TPSA) is 179 Å². The maximum Gasteiger partial charge on any atom is 0.314 e. The summed E-state index contributed by atoms with van der Waals surface area (Å²) in [5.74, 6) is -0.0877. The molecule has 0 amide bonds. The van der Waals surface area contributed by atoms with Crippen molar-refractivity contribution in [1.82, 2.24) is 0 Å². The first-order valence-electron chi connectivity index (χ1n) is 25.7. The fourth-order valence-electron chi connectivity index (χ4n) is 10.2. The largest absolute Gasteiger partial charge is 0.426 e. The van der Waals surface area contributed by atoms with Gasteiger partial charge < -0.3 is 31.2 Å². The van der Waals surface area contributed by atoms with Crippen LogP contribution in [0.4, 0.5) is 11.4 Å². The Morgan fingerprint density at radius 3 is 1.23 bits per heavy atom. The molecule has 0 bridgehead atoms. The third kappa shape index (κ3) is 16.3. The number of carbonyl (C=O) groups is 4. The number of nitrogen functional groups attached to an aromatic ring is 2. The van der Waals surface area contributed by atoms with E-state index in [2.05, 4.69) is 13.2 Å². The van der Waals surface area contributed by atoms with Crippen molar-refractivity contribution in [3.8, 4) is 11.5 Å². The maximum atomic E-state index is 14.2. The Hall–Kier alpha value is -6.36. The van der Waals surface area contributed by atoms with Gasteiger partial charge in [-0.15, -0.1) is 13.2 Å². The summed E-state index contributed by atoms with van der Waals surface area (Å²) in [5, 5.41) is 24.5. The molecule has 0 aromatic heterocycles. The van der Waals surface area contributed by atoms with Gasteiger partial charge in [0.2, 0.25) is 0 Å². The van der Waals surface area contributed by atoms with Crippen molar-refractivity contribution in [2.75, 3.05) is 11.5 Å². The molecule has 4 aromatic rings. The Bertz CT molecular complexity index is 2240. The number of carbonyl (C=O) groups excluding carboxylic acids is 4. The predicted molar refractivity (Wildman–Crippen MR) is 284 cm³/mol. The number of aliphatic hydroxyl groups excluding tert-OH is 2. The Morgan fingerprint density at radius 2 is 0.887 bits per heavy atom. The van der Waals surface area contributed by atoms with Gasteiger partial charge in [0, 0.05) is 16.8 Å². The lowest BCUT2D eigenvalue weighted by Gasteiger charge is -2.40. The molecule has 6 N–H and O–H groups in total. The second-order valence-corrected chi connectivity index (χ2v) is 19.9. The van der Waals surface area contributed by atoms with Crippen molar-refractivity contribution >= 4 is 47.0 Å². The van der Waals surface area contributed by atoms with Gasteiger partial charge >= 0.3 is 11.9 Å². The Kier molecular flexibility index (Phi) is 20.8. The molecule has 2 fully saturated rings. The van der Waals surface area contributed by atoms with Crippen LogP contribution < -0.4 is 20.9 Å². The van der Waals surface area contributed by atoms with Gasteiger partial charge in [-0.05, 0) is 185 Å². The molecule has 4 aromatic carbocycles. The number of hydrogen-bond acceptors (Lipinski definition) is 10. The SMILES string of the molecule is C=CCCCCC1CCC(C(=O)Oc2ccc(/C=C/C(=O)C(O)C(Cc3ccc(N)cc3)(Cc3ccc(N)cc3)C(O)C(=O)/C=C/c3ccc(OC(=O)C4CCC(CCCCC=C)CC4)cc3)cc2)CC1. The monoisotopic (exact) mass is 963 g/mol. The van der Waals surface area contributed by atoms with Crippen LogP contribution in [0.1, 0.15) is 125 Å². The number of esters is 2. The summed E-state index contributed by atoms with van der Waals surface area (Å²) in [6.45, 7) is 7.60. The van der Waals surface area contributed by atoms with E-state index in [1.54, 1.807) is 97.1 Å². The average Bonchev–Trinajstić information content (AvgIpc) is 3.39. The van der Waals surface area contributed by atoms with Crippen LogP contribution in [-0.2, 0) is 32.0 Å². The third-order valence-electron chi connectivity index (χ3n) is 14.6. The van der Waals surface area contributed by atoms with Crippen molar-refractivity contribution in [3.05, 3.63) is 157 Å². The van der Waals surface area contributed by atoms with Crippen LogP contribution in [0.5, 0.6) is 11.5 Å².